The predicted octanol–water partition coefficient (Wildman–Crippen LogP) is 2.85. The van der Waals surface area contributed by atoms with Gasteiger partial charge in [-0.2, -0.15) is 0 Å². The first kappa shape index (κ1) is 22.7. The molecule has 2 aromatic rings. The summed E-state index contributed by atoms with van der Waals surface area (Å²) < 4.78 is 5.55. The van der Waals surface area contributed by atoms with E-state index in [1.807, 2.05) is 55.5 Å². The number of carbonyl (C=O) groups excluding carboxylic acids is 2. The van der Waals surface area contributed by atoms with Crippen LogP contribution in [0.3, 0.4) is 0 Å². The van der Waals surface area contributed by atoms with Crippen molar-refractivity contribution < 1.29 is 14.3 Å². The minimum Gasteiger partial charge on any atom is -0.484 e. The second-order valence-corrected chi connectivity index (χ2v) is 7.04. The van der Waals surface area contributed by atoms with E-state index < -0.39 is 0 Å². The van der Waals surface area contributed by atoms with Gasteiger partial charge in [0.15, 0.2) is 6.61 Å². The molecule has 0 aromatic heterocycles. The highest BCUT2D eigenvalue weighted by Gasteiger charge is 2.21. The lowest BCUT2D eigenvalue weighted by Crippen LogP contribution is -2.41. The molecule has 0 radical (unpaired) electrons. The van der Waals surface area contributed by atoms with Crippen LogP contribution in [0.4, 0.5) is 5.69 Å². The zero-order chi connectivity index (χ0) is 19.8. The van der Waals surface area contributed by atoms with Crippen LogP contribution in [0.15, 0.2) is 48.5 Å². The number of ether oxygens (including phenoxy) is 1. The lowest BCUT2D eigenvalue weighted by Gasteiger charge is -2.11. The highest BCUT2D eigenvalue weighted by molar-refractivity contribution is 5.91. The molecule has 1 aliphatic rings. The normalized spacial score (nSPS) is 15.3. The summed E-state index contributed by atoms with van der Waals surface area (Å²) in [7, 11) is 0. The van der Waals surface area contributed by atoms with Gasteiger partial charge in [-0.15, -0.1) is 12.4 Å². The second kappa shape index (κ2) is 11.4. The SMILES string of the molecule is Cc1cccc(NC(=O)COc2ccc(CCNC(=O)C3CCCN3)cc2)c1.Cl. The van der Waals surface area contributed by atoms with Crippen molar-refractivity contribution in [3.63, 3.8) is 0 Å². The molecule has 3 N–H and O–H groups in total. The van der Waals surface area contributed by atoms with Gasteiger partial charge in [0.05, 0.1) is 6.04 Å². The van der Waals surface area contributed by atoms with E-state index >= 15 is 0 Å². The fourth-order valence-electron chi connectivity index (χ4n) is 3.18. The topological polar surface area (TPSA) is 79.5 Å². The molecule has 1 fully saturated rings. The fraction of sp³-hybridized carbons (Fsp3) is 0.364. The van der Waals surface area contributed by atoms with Crippen LogP contribution >= 0.6 is 12.4 Å². The predicted molar refractivity (Wildman–Crippen MR) is 117 cm³/mol. The molecule has 6 nitrogen and oxygen atoms in total. The third-order valence-corrected chi connectivity index (χ3v) is 4.68. The minimum absolute atomic E-state index is 0. The van der Waals surface area contributed by atoms with Crippen LogP contribution in [-0.4, -0.2) is 37.6 Å². The van der Waals surface area contributed by atoms with Crippen molar-refractivity contribution in [2.45, 2.75) is 32.2 Å². The number of rotatable bonds is 8. The van der Waals surface area contributed by atoms with Gasteiger partial charge in [-0.1, -0.05) is 24.3 Å². The maximum Gasteiger partial charge on any atom is 0.262 e. The number of halogens is 1. The van der Waals surface area contributed by atoms with Crippen LogP contribution in [-0.2, 0) is 16.0 Å². The Morgan fingerprint density at radius 1 is 1.17 bits per heavy atom. The highest BCUT2D eigenvalue weighted by atomic mass is 35.5. The number of carbonyl (C=O) groups is 2. The summed E-state index contributed by atoms with van der Waals surface area (Å²) in [4.78, 5) is 24.0. The monoisotopic (exact) mass is 417 g/mol. The lowest BCUT2D eigenvalue weighted by atomic mass is 10.1. The summed E-state index contributed by atoms with van der Waals surface area (Å²) in [6, 6.07) is 15.2. The second-order valence-electron chi connectivity index (χ2n) is 7.04. The summed E-state index contributed by atoms with van der Waals surface area (Å²) in [5.74, 6) is 0.525. The van der Waals surface area contributed by atoms with Crippen molar-refractivity contribution in [3.8, 4) is 5.75 Å². The van der Waals surface area contributed by atoms with E-state index in [1.54, 1.807) is 0 Å². The van der Waals surface area contributed by atoms with Crippen molar-refractivity contribution in [1.29, 1.82) is 0 Å². The Morgan fingerprint density at radius 2 is 1.97 bits per heavy atom. The average molecular weight is 418 g/mol. The number of amides is 2. The van der Waals surface area contributed by atoms with Crippen LogP contribution in [0.1, 0.15) is 24.0 Å². The lowest BCUT2D eigenvalue weighted by molar-refractivity contribution is -0.122. The average Bonchev–Trinajstić information content (AvgIpc) is 3.22. The Hall–Kier alpha value is -2.57. The Bertz CT molecular complexity index is 805. The van der Waals surface area contributed by atoms with E-state index in [4.69, 9.17) is 4.74 Å². The smallest absolute Gasteiger partial charge is 0.262 e. The zero-order valence-corrected chi connectivity index (χ0v) is 17.4. The molecule has 1 aliphatic heterocycles. The number of aryl methyl sites for hydroxylation is 1. The van der Waals surface area contributed by atoms with Gasteiger partial charge < -0.3 is 20.7 Å². The van der Waals surface area contributed by atoms with Crippen molar-refractivity contribution in [3.05, 3.63) is 59.7 Å². The quantitative estimate of drug-likeness (QED) is 0.617. The molecule has 0 saturated carbocycles. The Kier molecular flexibility index (Phi) is 8.96. The van der Waals surface area contributed by atoms with Crippen molar-refractivity contribution >= 4 is 29.9 Å². The minimum atomic E-state index is -0.196. The summed E-state index contributed by atoms with van der Waals surface area (Å²) in [5, 5.41) is 8.98. The fourth-order valence-corrected chi connectivity index (χ4v) is 3.18. The van der Waals surface area contributed by atoms with E-state index in [2.05, 4.69) is 16.0 Å². The van der Waals surface area contributed by atoms with Gasteiger partial charge in [-0.05, 0) is 68.1 Å². The molecule has 2 aromatic carbocycles. The van der Waals surface area contributed by atoms with Gasteiger partial charge in [0.2, 0.25) is 5.91 Å². The summed E-state index contributed by atoms with van der Waals surface area (Å²) >= 11 is 0. The van der Waals surface area contributed by atoms with Crippen LogP contribution in [0.25, 0.3) is 0 Å². The maximum atomic E-state index is 12.0. The molecule has 1 heterocycles. The Balaban J connectivity index is 0.00000300. The molecule has 7 heteroatoms. The van der Waals surface area contributed by atoms with Gasteiger partial charge in [0.1, 0.15) is 5.75 Å². The van der Waals surface area contributed by atoms with Crippen LogP contribution < -0.4 is 20.7 Å². The molecule has 1 atom stereocenters. The molecule has 2 amide bonds. The number of hydrogen-bond donors (Lipinski definition) is 3. The van der Waals surface area contributed by atoms with Gasteiger partial charge in [-0.25, -0.2) is 0 Å². The number of anilines is 1. The van der Waals surface area contributed by atoms with E-state index in [1.165, 1.54) is 0 Å². The largest absolute Gasteiger partial charge is 0.484 e. The van der Waals surface area contributed by atoms with Gasteiger partial charge in [0.25, 0.3) is 5.91 Å². The molecular formula is C22H28ClN3O3. The van der Waals surface area contributed by atoms with Crippen molar-refractivity contribution in [1.82, 2.24) is 10.6 Å². The van der Waals surface area contributed by atoms with Crippen molar-refractivity contribution in [2.75, 3.05) is 25.0 Å². The molecular weight excluding hydrogens is 390 g/mol. The number of benzene rings is 2. The summed E-state index contributed by atoms with van der Waals surface area (Å²) in [5.41, 5.74) is 2.96. The zero-order valence-electron chi connectivity index (χ0n) is 16.6. The standard InChI is InChI=1S/C22H27N3O3.ClH/c1-16-4-2-5-18(14-16)25-21(26)15-28-19-9-7-17(8-10-19)11-13-24-22(27)20-6-3-12-23-20;/h2,4-5,7-10,14,20,23H,3,6,11-13,15H2,1H3,(H,24,27)(H,25,26);1H. The first-order valence-electron chi connectivity index (χ1n) is 9.69. The van der Waals surface area contributed by atoms with Gasteiger partial charge >= 0.3 is 0 Å². The molecule has 156 valence electrons. The molecule has 0 spiro atoms. The van der Waals surface area contributed by atoms with Crippen molar-refractivity contribution in [2.24, 2.45) is 0 Å². The maximum absolute atomic E-state index is 12.0. The molecule has 1 saturated heterocycles. The van der Waals surface area contributed by atoms with Crippen LogP contribution in [0.5, 0.6) is 5.75 Å². The molecule has 1 unspecified atom stereocenters. The third kappa shape index (κ3) is 7.40. The highest BCUT2D eigenvalue weighted by Crippen LogP contribution is 2.13. The Morgan fingerprint density at radius 3 is 2.66 bits per heavy atom. The molecule has 29 heavy (non-hydrogen) atoms. The van der Waals surface area contributed by atoms with E-state index in [-0.39, 0.29) is 36.9 Å². The molecule has 0 aliphatic carbocycles. The van der Waals surface area contributed by atoms with E-state index in [9.17, 15) is 9.59 Å². The third-order valence-electron chi connectivity index (χ3n) is 4.68. The van der Waals surface area contributed by atoms with Crippen LogP contribution in [0, 0.1) is 6.92 Å². The Labute approximate surface area is 177 Å². The summed E-state index contributed by atoms with van der Waals surface area (Å²) in [6.07, 6.45) is 2.73. The number of nitrogens with one attached hydrogen (secondary N) is 3. The number of hydrogen-bond acceptors (Lipinski definition) is 4. The summed E-state index contributed by atoms with van der Waals surface area (Å²) in [6.45, 7) is 3.46. The van der Waals surface area contributed by atoms with Gasteiger partial charge in [0, 0.05) is 12.2 Å². The van der Waals surface area contributed by atoms with Crippen LogP contribution in [0.2, 0.25) is 0 Å². The van der Waals surface area contributed by atoms with E-state index in [0.29, 0.717) is 12.3 Å². The molecule has 3 rings (SSSR count). The molecule has 0 bridgehead atoms. The first-order chi connectivity index (χ1) is 13.6. The van der Waals surface area contributed by atoms with Gasteiger partial charge in [-0.3, -0.25) is 9.59 Å². The van der Waals surface area contributed by atoms with E-state index in [0.717, 1.165) is 42.6 Å². The first-order valence-corrected chi connectivity index (χ1v) is 9.69.